The van der Waals surface area contributed by atoms with Crippen LogP contribution in [-0.2, 0) is 13.0 Å². The van der Waals surface area contributed by atoms with Crippen molar-refractivity contribution >= 4 is 6.01 Å². The summed E-state index contributed by atoms with van der Waals surface area (Å²) in [5.74, 6) is 0.511. The highest BCUT2D eigenvalue weighted by molar-refractivity contribution is 5.28. The SMILES string of the molecule is NCc1nnc(N2CCCCC2CCc2ccccc2)o1. The van der Waals surface area contributed by atoms with Crippen LogP contribution in [0.5, 0.6) is 0 Å². The number of nitrogens with zero attached hydrogens (tertiary/aromatic N) is 3. The van der Waals surface area contributed by atoms with E-state index in [-0.39, 0.29) is 0 Å². The lowest BCUT2D eigenvalue weighted by Crippen LogP contribution is -2.40. The molecule has 112 valence electrons. The number of aromatic nitrogens is 2. The summed E-state index contributed by atoms with van der Waals surface area (Å²) in [4.78, 5) is 2.26. The lowest BCUT2D eigenvalue weighted by molar-refractivity contribution is 0.393. The van der Waals surface area contributed by atoms with Crippen LogP contribution < -0.4 is 10.6 Å². The zero-order valence-corrected chi connectivity index (χ0v) is 12.2. The van der Waals surface area contributed by atoms with Gasteiger partial charge in [0.1, 0.15) is 0 Å². The average Bonchev–Trinajstić information content (AvgIpc) is 3.03. The molecule has 2 heterocycles. The van der Waals surface area contributed by atoms with Crippen LogP contribution in [0.2, 0.25) is 0 Å². The van der Waals surface area contributed by atoms with Gasteiger partial charge in [-0.05, 0) is 37.7 Å². The highest BCUT2D eigenvalue weighted by atomic mass is 16.4. The van der Waals surface area contributed by atoms with Crippen LogP contribution in [0.25, 0.3) is 0 Å². The van der Waals surface area contributed by atoms with E-state index in [9.17, 15) is 0 Å². The average molecular weight is 286 g/mol. The molecule has 5 heteroatoms. The van der Waals surface area contributed by atoms with Crippen LogP contribution in [0.3, 0.4) is 0 Å². The van der Waals surface area contributed by atoms with E-state index in [1.54, 1.807) is 0 Å². The fraction of sp³-hybridized carbons (Fsp3) is 0.500. The molecule has 0 amide bonds. The van der Waals surface area contributed by atoms with Gasteiger partial charge in [-0.25, -0.2) is 0 Å². The van der Waals surface area contributed by atoms with Crippen molar-refractivity contribution in [3.05, 3.63) is 41.8 Å². The first-order valence-electron chi connectivity index (χ1n) is 7.70. The standard InChI is InChI=1S/C16H22N4O/c17-12-15-18-19-16(21-15)20-11-5-4-8-14(20)10-9-13-6-2-1-3-7-13/h1-3,6-7,14H,4-5,8-12,17H2. The van der Waals surface area contributed by atoms with E-state index in [4.69, 9.17) is 10.2 Å². The maximum absolute atomic E-state index is 5.63. The predicted molar refractivity (Wildman–Crippen MR) is 81.9 cm³/mol. The van der Waals surface area contributed by atoms with Crippen LogP contribution in [0.15, 0.2) is 34.7 Å². The Hall–Kier alpha value is -1.88. The van der Waals surface area contributed by atoms with Crippen molar-refractivity contribution < 1.29 is 4.42 Å². The van der Waals surface area contributed by atoms with Gasteiger partial charge in [0.15, 0.2) is 0 Å². The zero-order valence-electron chi connectivity index (χ0n) is 12.2. The van der Waals surface area contributed by atoms with Crippen molar-refractivity contribution in [3.8, 4) is 0 Å². The number of benzene rings is 1. The van der Waals surface area contributed by atoms with Crippen molar-refractivity contribution in [1.82, 2.24) is 10.2 Å². The first kappa shape index (κ1) is 14.1. The summed E-state index contributed by atoms with van der Waals surface area (Å²) in [6.07, 6.45) is 5.84. The smallest absolute Gasteiger partial charge is 0.318 e. The molecule has 1 saturated heterocycles. The minimum Gasteiger partial charge on any atom is -0.407 e. The van der Waals surface area contributed by atoms with Gasteiger partial charge in [-0.1, -0.05) is 35.4 Å². The molecule has 21 heavy (non-hydrogen) atoms. The molecule has 0 saturated carbocycles. The second kappa shape index (κ2) is 6.72. The van der Waals surface area contributed by atoms with Crippen molar-refractivity contribution in [3.63, 3.8) is 0 Å². The molecule has 1 aliphatic rings. The Morgan fingerprint density at radius 1 is 1.19 bits per heavy atom. The third kappa shape index (κ3) is 3.42. The van der Waals surface area contributed by atoms with E-state index in [0.717, 1.165) is 19.4 Å². The lowest BCUT2D eigenvalue weighted by Gasteiger charge is -2.34. The second-order valence-corrected chi connectivity index (χ2v) is 5.55. The number of aryl methyl sites for hydroxylation is 1. The first-order valence-corrected chi connectivity index (χ1v) is 7.70. The molecule has 1 aromatic heterocycles. The summed E-state index contributed by atoms with van der Waals surface area (Å²) in [7, 11) is 0. The number of hydrogen-bond donors (Lipinski definition) is 1. The molecule has 5 nitrogen and oxygen atoms in total. The highest BCUT2D eigenvalue weighted by Gasteiger charge is 2.26. The van der Waals surface area contributed by atoms with Crippen LogP contribution in [0, 0.1) is 0 Å². The summed E-state index contributed by atoms with van der Waals surface area (Å²) < 4.78 is 5.63. The molecule has 2 N–H and O–H groups in total. The van der Waals surface area contributed by atoms with Crippen molar-refractivity contribution in [1.29, 1.82) is 0 Å². The molecule has 1 aliphatic heterocycles. The molecule has 0 spiro atoms. The molecule has 0 radical (unpaired) electrons. The van der Waals surface area contributed by atoms with Crippen molar-refractivity contribution in [2.24, 2.45) is 5.73 Å². The summed E-state index contributed by atoms with van der Waals surface area (Å²) in [5.41, 5.74) is 6.93. The Morgan fingerprint density at radius 3 is 2.81 bits per heavy atom. The van der Waals surface area contributed by atoms with E-state index in [1.807, 2.05) is 0 Å². The first-order chi connectivity index (χ1) is 10.4. The number of rotatable bonds is 5. The maximum Gasteiger partial charge on any atom is 0.318 e. The normalized spacial score (nSPS) is 18.9. The Balaban J connectivity index is 1.66. The van der Waals surface area contributed by atoms with E-state index in [0.29, 0.717) is 24.5 Å². The fourth-order valence-corrected chi connectivity index (χ4v) is 2.97. The summed E-state index contributed by atoms with van der Waals surface area (Å²) >= 11 is 0. The minimum atomic E-state index is 0.301. The molecular weight excluding hydrogens is 264 g/mol. The highest BCUT2D eigenvalue weighted by Crippen LogP contribution is 2.26. The van der Waals surface area contributed by atoms with E-state index in [2.05, 4.69) is 45.4 Å². The van der Waals surface area contributed by atoms with Crippen LogP contribution in [0.1, 0.15) is 37.1 Å². The van der Waals surface area contributed by atoms with Crippen LogP contribution in [0.4, 0.5) is 6.01 Å². The molecule has 0 bridgehead atoms. The fourth-order valence-electron chi connectivity index (χ4n) is 2.97. The molecule has 1 unspecified atom stereocenters. The van der Waals surface area contributed by atoms with Gasteiger partial charge < -0.3 is 15.1 Å². The van der Waals surface area contributed by atoms with Gasteiger partial charge in [0, 0.05) is 12.6 Å². The third-order valence-corrected chi connectivity index (χ3v) is 4.11. The third-order valence-electron chi connectivity index (χ3n) is 4.11. The Labute approximate surface area is 125 Å². The largest absolute Gasteiger partial charge is 0.407 e. The number of hydrogen-bond acceptors (Lipinski definition) is 5. The van der Waals surface area contributed by atoms with Gasteiger partial charge in [-0.3, -0.25) is 0 Å². The second-order valence-electron chi connectivity index (χ2n) is 5.55. The molecule has 0 aliphatic carbocycles. The zero-order chi connectivity index (χ0) is 14.5. The quantitative estimate of drug-likeness (QED) is 0.914. The molecule has 1 fully saturated rings. The number of nitrogens with two attached hydrogens (primary N) is 1. The van der Waals surface area contributed by atoms with Crippen LogP contribution in [-0.4, -0.2) is 22.8 Å². The van der Waals surface area contributed by atoms with E-state index in [1.165, 1.54) is 24.8 Å². The summed E-state index contributed by atoms with van der Waals surface area (Å²) in [5, 5.41) is 8.12. The molecule has 1 atom stereocenters. The molecule has 3 rings (SSSR count). The molecule has 1 aromatic carbocycles. The van der Waals surface area contributed by atoms with Gasteiger partial charge >= 0.3 is 6.01 Å². The molecule has 2 aromatic rings. The topological polar surface area (TPSA) is 68.2 Å². The monoisotopic (exact) mass is 286 g/mol. The van der Waals surface area contributed by atoms with Gasteiger partial charge in [-0.15, -0.1) is 5.10 Å². The number of piperidine rings is 1. The van der Waals surface area contributed by atoms with Gasteiger partial charge in [0.25, 0.3) is 0 Å². The van der Waals surface area contributed by atoms with Crippen LogP contribution >= 0.6 is 0 Å². The number of anilines is 1. The summed E-state index contributed by atoms with van der Waals surface area (Å²) in [6, 6.07) is 11.7. The Kier molecular flexibility index (Phi) is 4.50. The minimum absolute atomic E-state index is 0.301. The van der Waals surface area contributed by atoms with Gasteiger partial charge in [0.2, 0.25) is 5.89 Å². The van der Waals surface area contributed by atoms with E-state index >= 15 is 0 Å². The van der Waals surface area contributed by atoms with Crippen molar-refractivity contribution in [2.75, 3.05) is 11.4 Å². The van der Waals surface area contributed by atoms with Crippen molar-refractivity contribution in [2.45, 2.75) is 44.7 Å². The lowest BCUT2D eigenvalue weighted by atomic mass is 9.96. The predicted octanol–water partition coefficient (Wildman–Crippen LogP) is 2.52. The van der Waals surface area contributed by atoms with Gasteiger partial charge in [0.05, 0.1) is 6.54 Å². The maximum atomic E-state index is 5.63. The van der Waals surface area contributed by atoms with E-state index < -0.39 is 0 Å². The molecular formula is C16H22N4O. The summed E-state index contributed by atoms with van der Waals surface area (Å²) in [6.45, 7) is 1.29. The van der Waals surface area contributed by atoms with Gasteiger partial charge in [-0.2, -0.15) is 0 Å². The Morgan fingerprint density at radius 2 is 2.05 bits per heavy atom. The Bertz CT molecular complexity index is 554.